The smallest absolute Gasteiger partial charge is 0.396 e. The molecule has 0 bridgehead atoms. The molecule has 0 saturated heterocycles. The minimum absolute atomic E-state index is 0.184. The molecule has 0 amide bonds. The Morgan fingerprint density at radius 1 is 0.561 bits per heavy atom. The topological polar surface area (TPSA) is 77.8 Å². The van der Waals surface area contributed by atoms with E-state index in [1.165, 1.54) is 34.8 Å². The van der Waals surface area contributed by atoms with E-state index < -0.39 is 23.5 Å². The molecular formula is C44H48F6N4S3. The second kappa shape index (κ2) is 17.9. The SMILES string of the molecule is CCCCC(CC)Cc1ccc(-c2ccc(-c3c(N)c(N)c(-c4ccc(-c5ccc(CC(CC)CCCC)c(C(F)(F)F)c5)s4)c4nsnc34)s2)cc1C(F)(F)F. The highest BCUT2D eigenvalue weighted by Gasteiger charge is 2.35. The third kappa shape index (κ3) is 9.36. The van der Waals surface area contributed by atoms with Gasteiger partial charge in [0.25, 0.3) is 0 Å². The number of alkyl halides is 6. The molecule has 0 aliphatic carbocycles. The van der Waals surface area contributed by atoms with Crippen molar-refractivity contribution >= 4 is 56.8 Å². The molecular weight excluding hydrogens is 795 g/mol. The van der Waals surface area contributed by atoms with E-state index in [2.05, 4.69) is 22.6 Å². The van der Waals surface area contributed by atoms with E-state index in [0.29, 0.717) is 76.8 Å². The fraction of sp³-hybridized carbons (Fsp3) is 0.409. The van der Waals surface area contributed by atoms with E-state index >= 15 is 0 Å². The first-order chi connectivity index (χ1) is 27.2. The first-order valence-electron chi connectivity index (χ1n) is 19.6. The number of hydrogen-bond donors (Lipinski definition) is 2. The Balaban J connectivity index is 1.33. The van der Waals surface area contributed by atoms with Crippen LogP contribution in [0.15, 0.2) is 60.7 Å². The summed E-state index contributed by atoms with van der Waals surface area (Å²) in [6, 6.07) is 16.4. The van der Waals surface area contributed by atoms with Crippen LogP contribution in [0.4, 0.5) is 37.7 Å². The average molecular weight is 843 g/mol. The maximum atomic E-state index is 14.4. The monoisotopic (exact) mass is 842 g/mol. The van der Waals surface area contributed by atoms with Crippen LogP contribution in [-0.2, 0) is 25.2 Å². The van der Waals surface area contributed by atoms with Gasteiger partial charge in [-0.3, -0.25) is 0 Å². The van der Waals surface area contributed by atoms with E-state index in [9.17, 15) is 26.3 Å². The number of nitrogens with zero attached hydrogens (tertiary/aromatic N) is 2. The van der Waals surface area contributed by atoms with Gasteiger partial charge in [0.15, 0.2) is 0 Å². The summed E-state index contributed by atoms with van der Waals surface area (Å²) < 4.78 is 95.6. The summed E-state index contributed by atoms with van der Waals surface area (Å²) in [6.07, 6.45) is -0.838. The normalized spacial score (nSPS) is 13.4. The number of rotatable bonds is 16. The summed E-state index contributed by atoms with van der Waals surface area (Å²) in [5.41, 5.74) is 16.4. The molecule has 6 aromatic rings. The third-order valence-electron chi connectivity index (χ3n) is 11.0. The van der Waals surface area contributed by atoms with Crippen molar-refractivity contribution in [2.75, 3.05) is 11.5 Å². The quantitative estimate of drug-likeness (QED) is 0.0751. The number of hydrogen-bond acceptors (Lipinski definition) is 7. The summed E-state index contributed by atoms with van der Waals surface area (Å²) >= 11 is 3.57. The Morgan fingerprint density at radius 2 is 0.947 bits per heavy atom. The highest BCUT2D eigenvalue weighted by molar-refractivity contribution is 7.19. The molecule has 0 radical (unpaired) electrons. The predicted octanol–water partition coefficient (Wildman–Crippen LogP) is 15.2. The van der Waals surface area contributed by atoms with Gasteiger partial charge in [0.1, 0.15) is 11.0 Å². The van der Waals surface area contributed by atoms with E-state index in [1.807, 2.05) is 13.8 Å². The molecule has 0 saturated carbocycles. The highest BCUT2D eigenvalue weighted by atomic mass is 32.1. The molecule has 0 aliphatic heterocycles. The Bertz CT molecular complexity index is 2140. The van der Waals surface area contributed by atoms with Crippen molar-refractivity contribution < 1.29 is 26.3 Å². The number of halogens is 6. The molecule has 304 valence electrons. The number of nitrogens with two attached hydrogens (primary N) is 2. The van der Waals surface area contributed by atoms with Crippen LogP contribution in [0.25, 0.3) is 52.8 Å². The fourth-order valence-electron chi connectivity index (χ4n) is 7.65. The largest absolute Gasteiger partial charge is 0.416 e. The molecule has 0 spiro atoms. The molecule has 3 aromatic heterocycles. The van der Waals surface area contributed by atoms with Gasteiger partial charge in [0.2, 0.25) is 0 Å². The fourth-order valence-corrected chi connectivity index (χ4v) is 10.3. The van der Waals surface area contributed by atoms with Crippen LogP contribution < -0.4 is 11.5 Å². The van der Waals surface area contributed by atoms with Crippen molar-refractivity contribution in [3.05, 3.63) is 82.9 Å². The molecule has 4 nitrogen and oxygen atoms in total. The molecule has 0 aliphatic rings. The van der Waals surface area contributed by atoms with Gasteiger partial charge < -0.3 is 11.5 Å². The highest BCUT2D eigenvalue weighted by Crippen LogP contribution is 2.50. The van der Waals surface area contributed by atoms with Crippen molar-refractivity contribution in [1.82, 2.24) is 8.75 Å². The summed E-state index contributed by atoms with van der Waals surface area (Å²) in [7, 11) is 0. The summed E-state index contributed by atoms with van der Waals surface area (Å²) in [4.78, 5) is 2.62. The molecule has 6 rings (SSSR count). The molecule has 2 atom stereocenters. The number of anilines is 2. The molecule has 2 unspecified atom stereocenters. The number of thiophene rings is 2. The second-order valence-corrected chi connectivity index (χ2v) is 17.5. The van der Waals surface area contributed by atoms with Crippen molar-refractivity contribution in [2.24, 2.45) is 11.8 Å². The van der Waals surface area contributed by atoms with Crippen LogP contribution in [0.1, 0.15) is 101 Å². The zero-order valence-electron chi connectivity index (χ0n) is 32.5. The minimum Gasteiger partial charge on any atom is -0.396 e. The first-order valence-corrected chi connectivity index (χ1v) is 22.0. The van der Waals surface area contributed by atoms with E-state index in [-0.39, 0.29) is 23.2 Å². The van der Waals surface area contributed by atoms with Gasteiger partial charge in [0, 0.05) is 30.6 Å². The number of nitrogen functional groups attached to an aromatic ring is 2. The second-order valence-electron chi connectivity index (χ2n) is 14.8. The Labute approximate surface area is 342 Å². The Kier molecular flexibility index (Phi) is 13.4. The van der Waals surface area contributed by atoms with Gasteiger partial charge in [-0.1, -0.05) is 103 Å². The van der Waals surface area contributed by atoms with Gasteiger partial charge in [-0.05, 0) is 83.3 Å². The van der Waals surface area contributed by atoms with Crippen molar-refractivity contribution in [3.63, 3.8) is 0 Å². The minimum atomic E-state index is -4.50. The van der Waals surface area contributed by atoms with Gasteiger partial charge >= 0.3 is 12.4 Å². The molecule has 3 heterocycles. The maximum Gasteiger partial charge on any atom is 0.416 e. The van der Waals surface area contributed by atoms with Gasteiger partial charge in [-0.2, -0.15) is 35.1 Å². The first kappa shape index (κ1) is 42.7. The Hall–Kier alpha value is -3.94. The lowest BCUT2D eigenvalue weighted by Crippen LogP contribution is -2.13. The van der Waals surface area contributed by atoms with Gasteiger partial charge in [-0.15, -0.1) is 22.7 Å². The van der Waals surface area contributed by atoms with Crippen LogP contribution in [0.5, 0.6) is 0 Å². The van der Waals surface area contributed by atoms with E-state index in [0.717, 1.165) is 63.1 Å². The number of unbranched alkanes of at least 4 members (excludes halogenated alkanes) is 2. The Morgan fingerprint density at radius 3 is 1.30 bits per heavy atom. The lowest BCUT2D eigenvalue weighted by atomic mass is 9.89. The third-order valence-corrected chi connectivity index (χ3v) is 13.8. The zero-order valence-corrected chi connectivity index (χ0v) is 35.0. The van der Waals surface area contributed by atoms with Crippen molar-refractivity contribution in [2.45, 2.75) is 104 Å². The van der Waals surface area contributed by atoms with Crippen molar-refractivity contribution in [3.8, 4) is 41.8 Å². The van der Waals surface area contributed by atoms with Crippen molar-refractivity contribution in [1.29, 1.82) is 0 Å². The molecule has 13 heteroatoms. The summed E-state index contributed by atoms with van der Waals surface area (Å²) in [5.74, 6) is 0.369. The van der Waals surface area contributed by atoms with E-state index in [4.69, 9.17) is 11.5 Å². The van der Waals surface area contributed by atoms with Crippen LogP contribution in [0.3, 0.4) is 0 Å². The van der Waals surface area contributed by atoms with Gasteiger partial charge in [0.05, 0.1) is 34.2 Å². The molecule has 0 fully saturated rings. The number of fused-ring (bicyclic) bond motifs is 1. The maximum absolute atomic E-state index is 14.4. The van der Waals surface area contributed by atoms with Gasteiger partial charge in [-0.25, -0.2) is 0 Å². The number of benzene rings is 3. The lowest BCUT2D eigenvalue weighted by Gasteiger charge is -2.19. The standard InChI is InChI=1S/C44H48F6N4S3/c1-5-9-11-25(7-3)21-27-13-15-29(23-31(27)43(45,46)47)33-17-19-35(55-33)37-39(51)40(52)38(42-41(37)53-57-54-42)36-20-18-34(56-36)30-16-14-28(32(24-30)44(48,49)50)22-26(8-4)12-10-6-2/h13-20,23-26H,5-12,21-22,51-52H2,1-4H3. The summed E-state index contributed by atoms with van der Waals surface area (Å²) in [5, 5.41) is 0. The van der Waals surface area contributed by atoms with Crippen LogP contribution in [-0.4, -0.2) is 8.75 Å². The lowest BCUT2D eigenvalue weighted by molar-refractivity contribution is -0.139. The average Bonchev–Trinajstić information content (AvgIpc) is 3.97. The molecule has 57 heavy (non-hydrogen) atoms. The van der Waals surface area contributed by atoms with Crippen LogP contribution in [0, 0.1) is 11.8 Å². The van der Waals surface area contributed by atoms with Crippen LogP contribution >= 0.6 is 34.4 Å². The summed E-state index contributed by atoms with van der Waals surface area (Å²) in [6.45, 7) is 8.22. The number of aromatic nitrogens is 2. The molecule has 4 N–H and O–H groups in total. The zero-order chi connectivity index (χ0) is 41.1. The van der Waals surface area contributed by atoms with Crippen LogP contribution in [0.2, 0.25) is 0 Å². The predicted molar refractivity (Wildman–Crippen MR) is 228 cm³/mol. The molecule has 3 aromatic carbocycles. The van der Waals surface area contributed by atoms with E-state index in [1.54, 1.807) is 48.5 Å².